The molecule has 0 saturated heterocycles. The molecule has 0 spiro atoms. The van der Waals surface area contributed by atoms with Gasteiger partial charge in [-0.15, -0.1) is 0 Å². The van der Waals surface area contributed by atoms with Crippen LogP contribution in [-0.2, 0) is 22.6 Å². The number of nitrogens with one attached hydrogen (secondary N) is 1. The molecule has 2 amide bonds. The van der Waals surface area contributed by atoms with Crippen LogP contribution in [0, 0.1) is 6.92 Å². The van der Waals surface area contributed by atoms with Gasteiger partial charge in [-0.25, -0.2) is 0 Å². The Hall–Kier alpha value is -2.33. The number of aryl methyl sites for hydroxylation is 2. The molecule has 2 rings (SSSR count). The Morgan fingerprint density at radius 3 is 2.31 bits per heavy atom. The Bertz CT molecular complexity index is 818. The molecule has 4 nitrogen and oxygen atoms in total. The van der Waals surface area contributed by atoms with Crippen LogP contribution in [0.15, 0.2) is 48.5 Å². The number of benzene rings is 2. The number of hydrogen-bond donors (Lipinski definition) is 1. The fourth-order valence-electron chi connectivity index (χ4n) is 3.26. The zero-order valence-corrected chi connectivity index (χ0v) is 18.5. The van der Waals surface area contributed by atoms with Gasteiger partial charge in [0.05, 0.1) is 0 Å². The molecule has 1 atom stereocenters. The second-order valence-corrected chi connectivity index (χ2v) is 8.09. The number of nitrogens with zero attached hydrogens (tertiary/aromatic N) is 1. The minimum absolute atomic E-state index is 0.0152. The molecule has 156 valence electrons. The van der Waals surface area contributed by atoms with E-state index >= 15 is 0 Å². The molecule has 0 aliphatic heterocycles. The summed E-state index contributed by atoms with van der Waals surface area (Å²) in [5.41, 5.74) is 3.15. The number of carbonyl (C=O) groups excluding carboxylic acids is 2. The van der Waals surface area contributed by atoms with Crippen molar-refractivity contribution in [2.45, 2.75) is 65.6 Å². The summed E-state index contributed by atoms with van der Waals surface area (Å²) >= 11 is 6.33. The van der Waals surface area contributed by atoms with E-state index in [0.717, 1.165) is 11.1 Å². The standard InChI is InChI=1S/C24H31ClN2O2/c1-5-22(24(29)26-17(2)3)27(16-20-8-6-7-9-21(20)25)23(28)15-14-19-12-10-18(4)11-13-19/h6-13,17,22H,5,14-16H2,1-4H3,(H,26,29). The first-order valence-electron chi connectivity index (χ1n) is 10.2. The summed E-state index contributed by atoms with van der Waals surface area (Å²) in [5.74, 6) is -0.172. The summed E-state index contributed by atoms with van der Waals surface area (Å²) in [5, 5.41) is 3.54. The highest BCUT2D eigenvalue weighted by atomic mass is 35.5. The molecule has 0 aliphatic rings. The monoisotopic (exact) mass is 414 g/mol. The third kappa shape index (κ3) is 6.90. The van der Waals surface area contributed by atoms with E-state index in [4.69, 9.17) is 11.6 Å². The molecule has 0 bridgehead atoms. The van der Waals surface area contributed by atoms with Crippen molar-refractivity contribution in [1.82, 2.24) is 10.2 Å². The van der Waals surface area contributed by atoms with Crippen molar-refractivity contribution in [2.75, 3.05) is 0 Å². The average molecular weight is 415 g/mol. The molecule has 1 N–H and O–H groups in total. The molecule has 29 heavy (non-hydrogen) atoms. The van der Waals surface area contributed by atoms with Gasteiger partial charge in [0.2, 0.25) is 11.8 Å². The molecule has 0 radical (unpaired) electrons. The summed E-state index contributed by atoms with van der Waals surface area (Å²) in [4.78, 5) is 27.6. The average Bonchev–Trinajstić information content (AvgIpc) is 2.68. The third-order valence-corrected chi connectivity index (χ3v) is 5.23. The maximum atomic E-state index is 13.2. The van der Waals surface area contributed by atoms with E-state index in [9.17, 15) is 9.59 Å². The van der Waals surface area contributed by atoms with Crippen LogP contribution in [0.2, 0.25) is 5.02 Å². The second-order valence-electron chi connectivity index (χ2n) is 7.69. The van der Waals surface area contributed by atoms with Crippen LogP contribution in [0.3, 0.4) is 0 Å². The van der Waals surface area contributed by atoms with Crippen molar-refractivity contribution < 1.29 is 9.59 Å². The van der Waals surface area contributed by atoms with Crippen molar-refractivity contribution in [1.29, 1.82) is 0 Å². The molecular formula is C24H31ClN2O2. The topological polar surface area (TPSA) is 49.4 Å². The smallest absolute Gasteiger partial charge is 0.243 e. The predicted octanol–water partition coefficient (Wildman–Crippen LogP) is 4.91. The van der Waals surface area contributed by atoms with E-state index in [2.05, 4.69) is 5.32 Å². The number of amides is 2. The van der Waals surface area contributed by atoms with E-state index in [0.29, 0.717) is 30.8 Å². The lowest BCUT2D eigenvalue weighted by Gasteiger charge is -2.31. The minimum atomic E-state index is -0.529. The summed E-state index contributed by atoms with van der Waals surface area (Å²) in [6, 6.07) is 15.1. The van der Waals surface area contributed by atoms with Crippen molar-refractivity contribution in [3.8, 4) is 0 Å². The molecule has 0 fully saturated rings. The van der Waals surface area contributed by atoms with Crippen molar-refractivity contribution in [2.24, 2.45) is 0 Å². The Kier molecular flexibility index (Phi) is 8.71. The molecule has 5 heteroatoms. The lowest BCUT2D eigenvalue weighted by Crippen LogP contribution is -2.50. The van der Waals surface area contributed by atoms with E-state index in [1.807, 2.05) is 70.2 Å². The molecule has 0 saturated carbocycles. The number of carbonyl (C=O) groups is 2. The predicted molar refractivity (Wildman–Crippen MR) is 119 cm³/mol. The quantitative estimate of drug-likeness (QED) is 0.633. The first-order chi connectivity index (χ1) is 13.8. The van der Waals surface area contributed by atoms with Crippen LogP contribution in [0.4, 0.5) is 0 Å². The fourth-order valence-corrected chi connectivity index (χ4v) is 3.46. The highest BCUT2D eigenvalue weighted by Crippen LogP contribution is 2.21. The number of rotatable bonds is 9. The van der Waals surface area contributed by atoms with Crippen molar-refractivity contribution >= 4 is 23.4 Å². The largest absolute Gasteiger partial charge is 0.352 e. The zero-order valence-electron chi connectivity index (χ0n) is 17.7. The van der Waals surface area contributed by atoms with Gasteiger partial charge in [0.15, 0.2) is 0 Å². The summed E-state index contributed by atoms with van der Waals surface area (Å²) in [6.07, 6.45) is 1.53. The maximum Gasteiger partial charge on any atom is 0.243 e. The van der Waals surface area contributed by atoms with Crippen molar-refractivity contribution in [3.05, 3.63) is 70.2 Å². The van der Waals surface area contributed by atoms with Gasteiger partial charge >= 0.3 is 0 Å². The van der Waals surface area contributed by atoms with Gasteiger partial charge in [-0.05, 0) is 50.8 Å². The first-order valence-corrected chi connectivity index (χ1v) is 10.6. The van der Waals surface area contributed by atoms with Gasteiger partial charge in [-0.2, -0.15) is 0 Å². The number of halogens is 1. The third-order valence-electron chi connectivity index (χ3n) is 4.86. The maximum absolute atomic E-state index is 13.2. The molecular weight excluding hydrogens is 384 g/mol. The van der Waals surface area contributed by atoms with Gasteiger partial charge in [0.25, 0.3) is 0 Å². The normalized spacial score (nSPS) is 11.9. The lowest BCUT2D eigenvalue weighted by molar-refractivity contribution is -0.141. The molecule has 0 heterocycles. The Morgan fingerprint density at radius 2 is 1.72 bits per heavy atom. The second kappa shape index (κ2) is 11.0. The van der Waals surface area contributed by atoms with Crippen LogP contribution in [0.5, 0.6) is 0 Å². The van der Waals surface area contributed by atoms with Gasteiger partial charge < -0.3 is 10.2 Å². The van der Waals surface area contributed by atoms with E-state index in [1.165, 1.54) is 5.56 Å². The zero-order chi connectivity index (χ0) is 21.4. The Labute approximate surface area is 179 Å². The summed E-state index contributed by atoms with van der Waals surface area (Å²) in [6.45, 7) is 8.12. The van der Waals surface area contributed by atoms with Crippen LogP contribution in [0.25, 0.3) is 0 Å². The Balaban J connectivity index is 2.21. The van der Waals surface area contributed by atoms with E-state index < -0.39 is 6.04 Å². The van der Waals surface area contributed by atoms with Crippen molar-refractivity contribution in [3.63, 3.8) is 0 Å². The molecule has 2 aromatic rings. The highest BCUT2D eigenvalue weighted by Gasteiger charge is 2.29. The molecule has 1 unspecified atom stereocenters. The van der Waals surface area contributed by atoms with E-state index in [-0.39, 0.29) is 17.9 Å². The van der Waals surface area contributed by atoms with Gasteiger partial charge in [0, 0.05) is 24.0 Å². The van der Waals surface area contributed by atoms with E-state index in [1.54, 1.807) is 11.0 Å². The van der Waals surface area contributed by atoms with Crippen LogP contribution < -0.4 is 5.32 Å². The van der Waals surface area contributed by atoms with Gasteiger partial charge in [0.1, 0.15) is 6.04 Å². The number of hydrogen-bond acceptors (Lipinski definition) is 2. The SMILES string of the molecule is CCC(C(=O)NC(C)C)N(Cc1ccccc1Cl)C(=O)CCc1ccc(C)cc1. The van der Waals surface area contributed by atoms with Crippen LogP contribution in [0.1, 0.15) is 50.3 Å². The van der Waals surface area contributed by atoms with Crippen LogP contribution in [-0.4, -0.2) is 28.8 Å². The minimum Gasteiger partial charge on any atom is -0.352 e. The summed E-state index contributed by atoms with van der Waals surface area (Å²) < 4.78 is 0. The molecule has 0 aliphatic carbocycles. The molecule has 2 aromatic carbocycles. The fraction of sp³-hybridized carbons (Fsp3) is 0.417. The van der Waals surface area contributed by atoms with Gasteiger partial charge in [-0.1, -0.05) is 66.6 Å². The Morgan fingerprint density at radius 1 is 1.07 bits per heavy atom. The van der Waals surface area contributed by atoms with Gasteiger partial charge in [-0.3, -0.25) is 9.59 Å². The lowest BCUT2D eigenvalue weighted by atomic mass is 10.0. The van der Waals surface area contributed by atoms with Crippen LogP contribution >= 0.6 is 11.6 Å². The molecule has 0 aromatic heterocycles. The first kappa shape index (κ1) is 23.0. The summed E-state index contributed by atoms with van der Waals surface area (Å²) in [7, 11) is 0. The highest BCUT2D eigenvalue weighted by molar-refractivity contribution is 6.31.